The van der Waals surface area contributed by atoms with E-state index in [-0.39, 0.29) is 12.4 Å². The minimum Gasteiger partial charge on any atom is -0.462 e. The second-order valence-electron chi connectivity index (χ2n) is 6.21. The van der Waals surface area contributed by atoms with Crippen LogP contribution in [-0.4, -0.2) is 18.4 Å². The lowest BCUT2D eigenvalue weighted by molar-refractivity contribution is -0.137. The van der Waals surface area contributed by atoms with Gasteiger partial charge in [0, 0.05) is 11.1 Å². The van der Waals surface area contributed by atoms with Crippen molar-refractivity contribution in [3.63, 3.8) is 0 Å². The molecule has 0 saturated heterocycles. The molecule has 3 nitrogen and oxygen atoms in total. The van der Waals surface area contributed by atoms with E-state index in [0.717, 1.165) is 17.7 Å². The number of rotatable bonds is 3. The zero-order chi connectivity index (χ0) is 19.6. The first-order chi connectivity index (χ1) is 12.8. The number of halogens is 3. The third-order valence-electron chi connectivity index (χ3n) is 4.37. The van der Waals surface area contributed by atoms with Gasteiger partial charge in [0.15, 0.2) is 5.78 Å². The summed E-state index contributed by atoms with van der Waals surface area (Å²) in [7, 11) is 0. The first kappa shape index (κ1) is 18.9. The van der Waals surface area contributed by atoms with Gasteiger partial charge in [-0.25, -0.2) is 4.79 Å². The summed E-state index contributed by atoms with van der Waals surface area (Å²) in [5.41, 5.74) is 1.62. The number of carbonyl (C=O) groups excluding carboxylic acids is 2. The second-order valence-corrected chi connectivity index (χ2v) is 6.21. The number of carbonyl (C=O) groups is 2. The third-order valence-corrected chi connectivity index (χ3v) is 4.37. The molecular weight excluding hydrogens is 357 g/mol. The fraction of sp³-hybridized carbons (Fsp3) is 0.238. The fourth-order valence-electron chi connectivity index (χ4n) is 3.06. The first-order valence-corrected chi connectivity index (χ1v) is 8.52. The molecule has 0 amide bonds. The van der Waals surface area contributed by atoms with Crippen molar-refractivity contribution in [1.82, 2.24) is 0 Å². The highest BCUT2D eigenvalue weighted by Gasteiger charge is 2.30. The summed E-state index contributed by atoms with van der Waals surface area (Å²) in [5.74, 6) is -0.679. The van der Waals surface area contributed by atoms with Gasteiger partial charge in [0.1, 0.15) is 0 Å². The summed E-state index contributed by atoms with van der Waals surface area (Å²) in [4.78, 5) is 24.5. The van der Waals surface area contributed by atoms with E-state index >= 15 is 0 Å². The van der Waals surface area contributed by atoms with Gasteiger partial charge in [-0.15, -0.1) is 0 Å². The summed E-state index contributed by atoms with van der Waals surface area (Å²) in [6.45, 7) is 1.98. The molecule has 140 valence electrons. The Bertz CT molecular complexity index is 927. The molecule has 6 heteroatoms. The largest absolute Gasteiger partial charge is 0.462 e. The Balaban J connectivity index is 1.89. The molecule has 2 aromatic carbocycles. The average Bonchev–Trinajstić information content (AvgIpc) is 2.63. The van der Waals surface area contributed by atoms with Crippen molar-refractivity contribution in [2.75, 3.05) is 6.61 Å². The average molecular weight is 374 g/mol. The number of hydrogen-bond acceptors (Lipinski definition) is 3. The summed E-state index contributed by atoms with van der Waals surface area (Å²) in [5, 5.41) is 0. The zero-order valence-corrected chi connectivity index (χ0v) is 14.6. The van der Waals surface area contributed by atoms with E-state index in [2.05, 4.69) is 0 Å². The Hall–Kier alpha value is -2.89. The number of ether oxygens (including phenoxy) is 1. The van der Waals surface area contributed by atoms with Crippen molar-refractivity contribution in [1.29, 1.82) is 0 Å². The van der Waals surface area contributed by atoms with Gasteiger partial charge >= 0.3 is 12.1 Å². The van der Waals surface area contributed by atoms with Crippen LogP contribution in [0.4, 0.5) is 13.2 Å². The van der Waals surface area contributed by atoms with Crippen molar-refractivity contribution in [2.45, 2.75) is 25.9 Å². The standard InChI is InChI=1S/C21H17F3O3/c1-2-27-20(26)16-8-9-18-14(12-16)6-7-15(19(18)25)10-13-4-3-5-17(11-13)21(22,23)24/h3-5,8-12H,2,6-7H2,1H3/b15-10+. The second kappa shape index (κ2) is 7.39. The van der Waals surface area contributed by atoms with Crippen LogP contribution < -0.4 is 0 Å². The number of esters is 1. The Morgan fingerprint density at radius 2 is 1.93 bits per heavy atom. The molecule has 1 aliphatic rings. The van der Waals surface area contributed by atoms with Crippen LogP contribution in [0, 0.1) is 0 Å². The van der Waals surface area contributed by atoms with E-state index in [1.807, 2.05) is 0 Å². The molecule has 0 atom stereocenters. The number of benzene rings is 2. The summed E-state index contributed by atoms with van der Waals surface area (Å²) >= 11 is 0. The van der Waals surface area contributed by atoms with E-state index in [1.165, 1.54) is 24.3 Å². The van der Waals surface area contributed by atoms with Gasteiger partial charge in [-0.1, -0.05) is 12.1 Å². The molecule has 3 rings (SSSR count). The Labute approximate surface area is 154 Å². The quantitative estimate of drug-likeness (QED) is 0.555. The number of hydrogen-bond donors (Lipinski definition) is 0. The minimum atomic E-state index is -4.43. The van der Waals surface area contributed by atoms with Crippen LogP contribution in [0.25, 0.3) is 6.08 Å². The molecule has 0 spiro atoms. The number of Topliss-reactive ketones (excluding diaryl/α,β-unsaturated/α-hetero) is 1. The lowest BCUT2D eigenvalue weighted by Gasteiger charge is -2.18. The molecule has 0 saturated carbocycles. The van der Waals surface area contributed by atoms with Gasteiger partial charge < -0.3 is 4.74 Å². The summed E-state index contributed by atoms with van der Waals surface area (Å²) in [6, 6.07) is 9.63. The van der Waals surface area contributed by atoms with E-state index < -0.39 is 17.7 Å². The normalized spacial score (nSPS) is 15.6. The lowest BCUT2D eigenvalue weighted by Crippen LogP contribution is -2.15. The minimum absolute atomic E-state index is 0.232. The molecule has 0 N–H and O–H groups in total. The van der Waals surface area contributed by atoms with Crippen molar-refractivity contribution < 1.29 is 27.5 Å². The molecule has 0 radical (unpaired) electrons. The smallest absolute Gasteiger partial charge is 0.416 e. The Morgan fingerprint density at radius 3 is 2.63 bits per heavy atom. The van der Waals surface area contributed by atoms with Crippen LogP contribution in [0.3, 0.4) is 0 Å². The van der Waals surface area contributed by atoms with Gasteiger partial charge in [0.25, 0.3) is 0 Å². The molecule has 0 heterocycles. The molecule has 0 bridgehead atoms. The SMILES string of the molecule is CCOC(=O)c1ccc2c(c1)CC/C(=C\c1cccc(C(F)(F)F)c1)C2=O. The summed E-state index contributed by atoms with van der Waals surface area (Å²) in [6.07, 6.45) is -2.01. The van der Waals surface area contributed by atoms with Gasteiger partial charge in [0.2, 0.25) is 0 Å². The first-order valence-electron chi connectivity index (χ1n) is 8.52. The maximum atomic E-state index is 12.9. The topological polar surface area (TPSA) is 43.4 Å². The zero-order valence-electron chi connectivity index (χ0n) is 14.6. The maximum absolute atomic E-state index is 12.9. The number of allylic oxidation sites excluding steroid dienone is 1. The van der Waals surface area contributed by atoms with E-state index in [0.29, 0.717) is 35.1 Å². The van der Waals surface area contributed by atoms with Crippen molar-refractivity contribution in [3.05, 3.63) is 75.9 Å². The Morgan fingerprint density at radius 1 is 1.15 bits per heavy atom. The molecule has 0 fully saturated rings. The molecule has 27 heavy (non-hydrogen) atoms. The molecule has 1 aliphatic carbocycles. The van der Waals surface area contributed by atoms with Gasteiger partial charge in [-0.2, -0.15) is 13.2 Å². The number of aryl methyl sites for hydroxylation is 1. The highest BCUT2D eigenvalue weighted by atomic mass is 19.4. The van der Waals surface area contributed by atoms with Crippen molar-refractivity contribution >= 4 is 17.8 Å². The van der Waals surface area contributed by atoms with Gasteiger partial charge in [0.05, 0.1) is 17.7 Å². The van der Waals surface area contributed by atoms with Crippen LogP contribution >= 0.6 is 0 Å². The number of fused-ring (bicyclic) bond motifs is 1. The van der Waals surface area contributed by atoms with Crippen LogP contribution in [-0.2, 0) is 17.3 Å². The molecular formula is C21H17F3O3. The van der Waals surface area contributed by atoms with Crippen molar-refractivity contribution in [3.8, 4) is 0 Å². The van der Waals surface area contributed by atoms with Crippen molar-refractivity contribution in [2.24, 2.45) is 0 Å². The number of ketones is 1. The van der Waals surface area contributed by atoms with Crippen LogP contribution in [0.2, 0.25) is 0 Å². The van der Waals surface area contributed by atoms with Gasteiger partial charge in [-0.05, 0) is 67.3 Å². The monoisotopic (exact) mass is 374 g/mol. The Kier molecular flexibility index (Phi) is 5.17. The lowest BCUT2D eigenvalue weighted by atomic mass is 9.85. The predicted molar refractivity (Wildman–Crippen MR) is 94.5 cm³/mol. The van der Waals surface area contributed by atoms with Crippen LogP contribution in [0.15, 0.2) is 48.0 Å². The van der Waals surface area contributed by atoms with Crippen LogP contribution in [0.1, 0.15) is 50.8 Å². The highest BCUT2D eigenvalue weighted by molar-refractivity contribution is 6.13. The molecule has 0 aliphatic heterocycles. The van der Waals surface area contributed by atoms with E-state index in [9.17, 15) is 22.8 Å². The predicted octanol–water partition coefficient (Wildman–Crippen LogP) is 5.09. The third kappa shape index (κ3) is 4.10. The molecule has 2 aromatic rings. The van der Waals surface area contributed by atoms with Gasteiger partial charge in [-0.3, -0.25) is 4.79 Å². The fourth-order valence-corrected chi connectivity index (χ4v) is 3.06. The van der Waals surface area contributed by atoms with Crippen LogP contribution in [0.5, 0.6) is 0 Å². The van der Waals surface area contributed by atoms with E-state index in [1.54, 1.807) is 19.1 Å². The number of alkyl halides is 3. The highest BCUT2D eigenvalue weighted by Crippen LogP contribution is 2.31. The molecule has 0 aromatic heterocycles. The van der Waals surface area contributed by atoms with E-state index in [4.69, 9.17) is 4.74 Å². The summed E-state index contributed by atoms with van der Waals surface area (Å²) < 4.78 is 43.5. The maximum Gasteiger partial charge on any atom is 0.416 e. The molecule has 0 unspecified atom stereocenters.